The molecule has 0 saturated heterocycles. The maximum Gasteiger partial charge on any atom is 0.154 e. The summed E-state index contributed by atoms with van der Waals surface area (Å²) in [5, 5.41) is 7.56. The van der Waals surface area contributed by atoms with Gasteiger partial charge >= 0.3 is 0 Å². The molecule has 11 heavy (non-hydrogen) atoms. The highest BCUT2D eigenvalue weighted by atomic mass is 15.2. The first-order valence-corrected chi connectivity index (χ1v) is 3.36. The highest BCUT2D eigenvalue weighted by Crippen LogP contribution is 1.76. The van der Waals surface area contributed by atoms with E-state index in [4.69, 9.17) is 0 Å². The molecular weight excluding hydrogens is 138 g/mol. The van der Waals surface area contributed by atoms with E-state index in [0.29, 0.717) is 0 Å². The zero-order valence-corrected chi connectivity index (χ0v) is 6.65. The molecule has 1 rings (SSSR count). The molecule has 0 saturated carbocycles. The Balaban J connectivity index is 3.13. The topological polar surface area (TPSA) is 29.6 Å². The van der Waals surface area contributed by atoms with E-state index in [9.17, 15) is 0 Å². The second kappa shape index (κ2) is 3.71. The lowest BCUT2D eigenvalue weighted by molar-refractivity contribution is 0.816. The Morgan fingerprint density at radius 2 is 2.27 bits per heavy atom. The fraction of sp³-hybridized carbons (Fsp3) is 0.250. The van der Waals surface area contributed by atoms with E-state index in [1.165, 1.54) is 0 Å². The van der Waals surface area contributed by atoms with Gasteiger partial charge in [0.05, 0.1) is 6.21 Å². The molecule has 0 spiro atoms. The average Bonchev–Trinajstić information content (AvgIpc) is 2.03. The second-order valence-corrected chi connectivity index (χ2v) is 2.09. The van der Waals surface area contributed by atoms with Crippen molar-refractivity contribution in [1.82, 2.24) is 4.57 Å². The molecule has 1 aromatic rings. The molecule has 0 N–H and O–H groups in total. The van der Waals surface area contributed by atoms with Crippen molar-refractivity contribution in [1.29, 1.82) is 0 Å². The smallest absolute Gasteiger partial charge is 0.154 e. The van der Waals surface area contributed by atoms with Crippen LogP contribution < -0.4 is 5.49 Å². The monoisotopic (exact) mass is 148 g/mol. The zero-order valence-electron chi connectivity index (χ0n) is 6.65. The number of pyridine rings is 1. The standard InChI is InChI=1S/C8H10N3/c1-3-9-10-8-6-4-5-7-11(8)2/h4-7H,1-2H3/b9-3?,10-8+. The summed E-state index contributed by atoms with van der Waals surface area (Å²) in [7, 11) is 1.92. The fourth-order valence-electron chi connectivity index (χ4n) is 0.719. The Bertz CT molecular complexity index is 309. The molecule has 0 aromatic carbocycles. The summed E-state index contributed by atoms with van der Waals surface area (Å²) in [6, 6.07) is 5.75. The lowest BCUT2D eigenvalue weighted by atomic mass is 10.5. The van der Waals surface area contributed by atoms with Crippen LogP contribution in [-0.2, 0) is 7.05 Å². The van der Waals surface area contributed by atoms with E-state index >= 15 is 0 Å². The molecule has 0 amide bonds. The van der Waals surface area contributed by atoms with Crippen molar-refractivity contribution >= 4 is 6.21 Å². The molecule has 0 unspecified atom stereocenters. The van der Waals surface area contributed by atoms with Gasteiger partial charge in [-0.2, -0.15) is 5.10 Å². The first-order chi connectivity index (χ1) is 5.34. The van der Waals surface area contributed by atoms with E-state index < -0.39 is 0 Å². The molecule has 1 heterocycles. The van der Waals surface area contributed by atoms with Gasteiger partial charge in [0.2, 0.25) is 0 Å². The molecule has 1 aromatic heterocycles. The molecule has 3 heteroatoms. The maximum atomic E-state index is 3.90. The van der Waals surface area contributed by atoms with E-state index in [0.717, 1.165) is 5.49 Å². The third-order valence-electron chi connectivity index (χ3n) is 1.28. The highest BCUT2D eigenvalue weighted by molar-refractivity contribution is 5.52. The Morgan fingerprint density at radius 3 is 2.91 bits per heavy atom. The van der Waals surface area contributed by atoms with Crippen LogP contribution in [0.4, 0.5) is 0 Å². The van der Waals surface area contributed by atoms with Gasteiger partial charge in [0, 0.05) is 13.2 Å². The largest absolute Gasteiger partial charge is 0.335 e. The van der Waals surface area contributed by atoms with Crippen LogP contribution in [0.15, 0.2) is 34.6 Å². The van der Waals surface area contributed by atoms with Crippen molar-refractivity contribution in [3.8, 4) is 0 Å². The van der Waals surface area contributed by atoms with Gasteiger partial charge in [0.1, 0.15) is 0 Å². The van der Waals surface area contributed by atoms with Crippen molar-refractivity contribution < 1.29 is 0 Å². The summed E-state index contributed by atoms with van der Waals surface area (Å²) in [6.07, 6.45) is 4.51. The summed E-state index contributed by atoms with van der Waals surface area (Å²) in [5.74, 6) is 0. The number of nitrogens with zero attached hydrogens (tertiary/aromatic N) is 3. The molecule has 0 aliphatic heterocycles. The molecule has 57 valence electrons. The van der Waals surface area contributed by atoms with Crippen LogP contribution in [0.5, 0.6) is 0 Å². The molecule has 0 aliphatic rings. The summed E-state index contributed by atoms with van der Waals surface area (Å²) in [4.78, 5) is 0. The second-order valence-electron chi connectivity index (χ2n) is 2.09. The number of hydrogen-bond donors (Lipinski definition) is 0. The highest BCUT2D eigenvalue weighted by Gasteiger charge is 1.80. The maximum absolute atomic E-state index is 3.90. The summed E-state index contributed by atoms with van der Waals surface area (Å²) in [6.45, 7) is 1.71. The average molecular weight is 148 g/mol. The number of hydrogen-bond acceptors (Lipinski definition) is 2. The molecule has 0 aliphatic carbocycles. The van der Waals surface area contributed by atoms with Crippen LogP contribution in [0, 0.1) is 0 Å². The van der Waals surface area contributed by atoms with Crippen molar-refractivity contribution in [3.05, 3.63) is 29.9 Å². The molecule has 0 bridgehead atoms. The molecule has 1 radical (unpaired) electrons. The van der Waals surface area contributed by atoms with Gasteiger partial charge in [-0.1, -0.05) is 6.07 Å². The van der Waals surface area contributed by atoms with Gasteiger partial charge in [0.15, 0.2) is 5.49 Å². The van der Waals surface area contributed by atoms with Crippen molar-refractivity contribution in [2.24, 2.45) is 17.3 Å². The zero-order chi connectivity index (χ0) is 8.10. The van der Waals surface area contributed by atoms with Gasteiger partial charge in [-0.3, -0.25) is 0 Å². The normalized spacial score (nSPS) is 12.7. The van der Waals surface area contributed by atoms with Crippen LogP contribution in [0.1, 0.15) is 6.92 Å². The summed E-state index contributed by atoms with van der Waals surface area (Å²) in [5.41, 5.74) is 0.821. The van der Waals surface area contributed by atoms with Crippen LogP contribution in [0.2, 0.25) is 0 Å². The van der Waals surface area contributed by atoms with Crippen LogP contribution in [0.3, 0.4) is 0 Å². The van der Waals surface area contributed by atoms with Crippen LogP contribution in [0.25, 0.3) is 0 Å². The van der Waals surface area contributed by atoms with E-state index in [1.807, 2.05) is 36.0 Å². The third-order valence-corrected chi connectivity index (χ3v) is 1.28. The lowest BCUT2D eigenvalue weighted by Gasteiger charge is -1.94. The van der Waals surface area contributed by atoms with E-state index in [1.54, 1.807) is 6.92 Å². The third kappa shape index (κ3) is 2.04. The SMILES string of the molecule is C/[C]=N/N=c1\ccccn1C. The Hall–Kier alpha value is -1.38. The number of aryl methyl sites for hydroxylation is 1. The van der Waals surface area contributed by atoms with Gasteiger partial charge in [-0.25, -0.2) is 0 Å². The Morgan fingerprint density at radius 1 is 1.45 bits per heavy atom. The molecular formula is C8H10N3. The van der Waals surface area contributed by atoms with Gasteiger partial charge in [-0.05, 0) is 19.1 Å². The molecule has 0 fully saturated rings. The Labute approximate surface area is 65.7 Å². The van der Waals surface area contributed by atoms with Gasteiger partial charge in [0.25, 0.3) is 0 Å². The molecule has 3 nitrogen and oxygen atoms in total. The van der Waals surface area contributed by atoms with Crippen molar-refractivity contribution in [2.45, 2.75) is 6.92 Å². The van der Waals surface area contributed by atoms with E-state index in [2.05, 4.69) is 16.4 Å². The first kappa shape index (κ1) is 7.72. The van der Waals surface area contributed by atoms with Crippen LogP contribution >= 0.6 is 0 Å². The fourth-order valence-corrected chi connectivity index (χ4v) is 0.719. The summed E-state index contributed by atoms with van der Waals surface area (Å²) < 4.78 is 1.89. The van der Waals surface area contributed by atoms with Gasteiger partial charge in [-0.15, -0.1) is 5.10 Å². The first-order valence-electron chi connectivity index (χ1n) is 3.36. The van der Waals surface area contributed by atoms with E-state index in [-0.39, 0.29) is 0 Å². The van der Waals surface area contributed by atoms with Crippen LogP contribution in [-0.4, -0.2) is 10.8 Å². The molecule has 0 atom stereocenters. The minimum atomic E-state index is 0.821. The lowest BCUT2D eigenvalue weighted by Crippen LogP contribution is -2.14. The minimum absolute atomic E-state index is 0.821. The quantitative estimate of drug-likeness (QED) is 0.416. The predicted molar refractivity (Wildman–Crippen MR) is 44.1 cm³/mol. The number of rotatable bonds is 1. The summed E-state index contributed by atoms with van der Waals surface area (Å²) >= 11 is 0. The van der Waals surface area contributed by atoms with Crippen molar-refractivity contribution in [2.75, 3.05) is 0 Å². The Kier molecular flexibility index (Phi) is 2.60. The number of aromatic nitrogens is 1. The predicted octanol–water partition coefficient (Wildman–Crippen LogP) is 0.809. The minimum Gasteiger partial charge on any atom is -0.335 e. The van der Waals surface area contributed by atoms with Gasteiger partial charge < -0.3 is 4.57 Å². The van der Waals surface area contributed by atoms with Crippen molar-refractivity contribution in [3.63, 3.8) is 0 Å².